The van der Waals surface area contributed by atoms with Gasteiger partial charge in [-0.2, -0.15) is 9.78 Å². The van der Waals surface area contributed by atoms with E-state index in [1.807, 2.05) is 48.7 Å². The zero-order valence-electron chi connectivity index (χ0n) is 19.6. The van der Waals surface area contributed by atoms with Gasteiger partial charge in [0.15, 0.2) is 0 Å². The van der Waals surface area contributed by atoms with E-state index in [-0.39, 0.29) is 5.56 Å². The first-order valence-electron chi connectivity index (χ1n) is 11.7. The first-order valence-corrected chi connectivity index (χ1v) is 13.3. The van der Waals surface area contributed by atoms with E-state index >= 15 is 0 Å². The standard InChI is InChI=1S/C28H23BrCl2N4O/c1-2-3-8-27-33-25-12-10-20(29)14-22(25)28(36)35(27)32-15-19-17-34(26-7-5-4-6-21(19)26)16-18-9-11-23(30)24(31)13-18/h4-7,9-15,17H,2-3,8,16H2,1H3. The number of para-hydroxylation sites is 1. The number of unbranched alkanes of at least 4 members (excludes halogenated alkanes) is 1. The second-order valence-electron chi connectivity index (χ2n) is 8.63. The molecular formula is C28H23BrCl2N4O. The lowest BCUT2D eigenvalue weighted by Gasteiger charge is -2.09. The molecule has 3 aromatic carbocycles. The molecule has 0 aliphatic carbocycles. The van der Waals surface area contributed by atoms with Gasteiger partial charge in [-0.15, -0.1) is 0 Å². The summed E-state index contributed by atoms with van der Waals surface area (Å²) in [6.45, 7) is 2.74. The average molecular weight is 582 g/mol. The summed E-state index contributed by atoms with van der Waals surface area (Å²) in [5.41, 5.74) is 3.51. The maximum Gasteiger partial charge on any atom is 0.282 e. The number of nitrogens with zero attached hydrogens (tertiary/aromatic N) is 4. The van der Waals surface area contributed by atoms with Crippen molar-refractivity contribution in [2.45, 2.75) is 32.7 Å². The van der Waals surface area contributed by atoms with Crippen LogP contribution in [0.4, 0.5) is 0 Å². The lowest BCUT2D eigenvalue weighted by Crippen LogP contribution is -2.22. The molecule has 0 saturated heterocycles. The third kappa shape index (κ3) is 4.99. The van der Waals surface area contributed by atoms with Gasteiger partial charge < -0.3 is 4.57 Å². The van der Waals surface area contributed by atoms with Gasteiger partial charge in [0.25, 0.3) is 5.56 Å². The van der Waals surface area contributed by atoms with Crippen molar-refractivity contribution in [2.24, 2.45) is 5.10 Å². The molecule has 2 heterocycles. The van der Waals surface area contributed by atoms with Crippen molar-refractivity contribution >= 4 is 67.2 Å². The molecule has 36 heavy (non-hydrogen) atoms. The zero-order chi connectivity index (χ0) is 25.2. The third-order valence-electron chi connectivity index (χ3n) is 6.10. The quantitative estimate of drug-likeness (QED) is 0.185. The fourth-order valence-corrected chi connectivity index (χ4v) is 4.96. The molecule has 0 unspecified atom stereocenters. The van der Waals surface area contributed by atoms with E-state index in [2.05, 4.69) is 44.7 Å². The van der Waals surface area contributed by atoms with Crippen molar-refractivity contribution in [1.82, 2.24) is 14.2 Å². The van der Waals surface area contributed by atoms with Gasteiger partial charge in [-0.25, -0.2) is 4.98 Å². The molecule has 0 fully saturated rings. The van der Waals surface area contributed by atoms with Crippen LogP contribution >= 0.6 is 39.1 Å². The number of benzene rings is 3. The number of halogens is 3. The SMILES string of the molecule is CCCCc1nc2ccc(Br)cc2c(=O)n1N=Cc1cn(Cc2ccc(Cl)c(Cl)c2)c2ccccc12. The summed E-state index contributed by atoms with van der Waals surface area (Å²) in [5, 5.41) is 7.29. The summed E-state index contributed by atoms with van der Waals surface area (Å²) in [6.07, 6.45) is 6.38. The molecule has 8 heteroatoms. The average Bonchev–Trinajstić information content (AvgIpc) is 3.22. The maximum absolute atomic E-state index is 13.4. The first-order chi connectivity index (χ1) is 17.4. The van der Waals surface area contributed by atoms with Gasteiger partial charge in [-0.05, 0) is 48.4 Å². The van der Waals surface area contributed by atoms with Gasteiger partial charge in [-0.1, -0.05) is 76.7 Å². The largest absolute Gasteiger partial charge is 0.342 e. The van der Waals surface area contributed by atoms with Crippen LogP contribution in [0.2, 0.25) is 10.0 Å². The van der Waals surface area contributed by atoms with Crippen LogP contribution in [0.5, 0.6) is 0 Å². The maximum atomic E-state index is 13.4. The molecule has 0 aliphatic heterocycles. The normalized spacial score (nSPS) is 11.8. The number of hydrogen-bond acceptors (Lipinski definition) is 3. The lowest BCUT2D eigenvalue weighted by atomic mass is 10.2. The Labute approximate surface area is 227 Å². The second-order valence-corrected chi connectivity index (χ2v) is 10.4. The minimum Gasteiger partial charge on any atom is -0.342 e. The Balaban J connectivity index is 1.58. The molecule has 0 spiro atoms. The van der Waals surface area contributed by atoms with E-state index in [0.29, 0.717) is 39.7 Å². The zero-order valence-corrected chi connectivity index (χ0v) is 22.7. The molecule has 0 radical (unpaired) electrons. The van der Waals surface area contributed by atoms with E-state index in [4.69, 9.17) is 28.2 Å². The fourth-order valence-electron chi connectivity index (χ4n) is 4.27. The minimum absolute atomic E-state index is 0.178. The highest BCUT2D eigenvalue weighted by Crippen LogP contribution is 2.26. The summed E-state index contributed by atoms with van der Waals surface area (Å²) in [5.74, 6) is 0.660. The summed E-state index contributed by atoms with van der Waals surface area (Å²) in [7, 11) is 0. The fraction of sp³-hybridized carbons (Fsp3) is 0.179. The highest BCUT2D eigenvalue weighted by Gasteiger charge is 2.12. The molecule has 182 valence electrons. The Morgan fingerprint density at radius 2 is 1.86 bits per heavy atom. The van der Waals surface area contributed by atoms with Crippen LogP contribution in [0, 0.1) is 0 Å². The van der Waals surface area contributed by atoms with Crippen molar-refractivity contribution in [1.29, 1.82) is 0 Å². The highest BCUT2D eigenvalue weighted by atomic mass is 79.9. The van der Waals surface area contributed by atoms with Crippen LogP contribution in [0.1, 0.15) is 36.7 Å². The Bertz CT molecular complexity index is 1670. The van der Waals surface area contributed by atoms with Crippen LogP contribution < -0.4 is 5.56 Å². The van der Waals surface area contributed by atoms with Crippen LogP contribution in [-0.4, -0.2) is 20.4 Å². The van der Waals surface area contributed by atoms with Gasteiger partial charge in [0.2, 0.25) is 0 Å². The highest BCUT2D eigenvalue weighted by molar-refractivity contribution is 9.10. The van der Waals surface area contributed by atoms with Gasteiger partial charge in [0, 0.05) is 40.1 Å². The summed E-state index contributed by atoms with van der Waals surface area (Å²) in [6, 6.07) is 19.3. The van der Waals surface area contributed by atoms with Gasteiger partial charge >= 0.3 is 0 Å². The molecule has 0 saturated carbocycles. The molecule has 5 rings (SSSR count). The Morgan fingerprint density at radius 1 is 1.03 bits per heavy atom. The minimum atomic E-state index is -0.178. The van der Waals surface area contributed by atoms with E-state index in [0.717, 1.165) is 39.3 Å². The van der Waals surface area contributed by atoms with Crippen LogP contribution in [0.15, 0.2) is 81.2 Å². The topological polar surface area (TPSA) is 52.2 Å². The number of hydrogen-bond donors (Lipinski definition) is 0. The van der Waals surface area contributed by atoms with E-state index in [1.165, 1.54) is 4.68 Å². The monoisotopic (exact) mass is 580 g/mol. The van der Waals surface area contributed by atoms with Crippen molar-refractivity contribution in [2.75, 3.05) is 0 Å². The van der Waals surface area contributed by atoms with E-state index < -0.39 is 0 Å². The van der Waals surface area contributed by atoms with Crippen molar-refractivity contribution < 1.29 is 0 Å². The Hall–Kier alpha value is -2.93. The molecule has 5 nitrogen and oxygen atoms in total. The van der Waals surface area contributed by atoms with Crippen LogP contribution in [0.3, 0.4) is 0 Å². The number of aromatic nitrogens is 3. The smallest absolute Gasteiger partial charge is 0.282 e. The summed E-state index contributed by atoms with van der Waals surface area (Å²) >= 11 is 15.8. The number of aryl methyl sites for hydroxylation is 1. The Kier molecular flexibility index (Phi) is 7.28. The molecule has 0 amide bonds. The molecule has 0 aliphatic rings. The van der Waals surface area contributed by atoms with Crippen LogP contribution in [-0.2, 0) is 13.0 Å². The third-order valence-corrected chi connectivity index (χ3v) is 7.33. The molecule has 0 N–H and O–H groups in total. The van der Waals surface area contributed by atoms with Crippen LogP contribution in [0.25, 0.3) is 21.8 Å². The predicted octanol–water partition coefficient (Wildman–Crippen LogP) is 7.69. The molecule has 5 aromatic rings. The van der Waals surface area contributed by atoms with Crippen molar-refractivity contribution in [3.63, 3.8) is 0 Å². The molecule has 0 atom stereocenters. The Morgan fingerprint density at radius 3 is 2.67 bits per heavy atom. The predicted molar refractivity (Wildman–Crippen MR) is 153 cm³/mol. The summed E-state index contributed by atoms with van der Waals surface area (Å²) < 4.78 is 4.42. The van der Waals surface area contributed by atoms with Crippen molar-refractivity contribution in [3.8, 4) is 0 Å². The summed E-state index contributed by atoms with van der Waals surface area (Å²) in [4.78, 5) is 18.2. The molecule has 2 aromatic heterocycles. The molecule has 0 bridgehead atoms. The van der Waals surface area contributed by atoms with Gasteiger partial charge in [0.05, 0.1) is 27.2 Å². The first kappa shape index (κ1) is 24.8. The number of fused-ring (bicyclic) bond motifs is 2. The van der Waals surface area contributed by atoms with E-state index in [1.54, 1.807) is 12.3 Å². The van der Waals surface area contributed by atoms with Gasteiger partial charge in [0.1, 0.15) is 5.82 Å². The van der Waals surface area contributed by atoms with Gasteiger partial charge in [-0.3, -0.25) is 4.79 Å². The van der Waals surface area contributed by atoms with E-state index in [9.17, 15) is 4.79 Å². The second kappa shape index (κ2) is 10.6. The molecular weight excluding hydrogens is 559 g/mol. The van der Waals surface area contributed by atoms with Crippen molar-refractivity contribution in [3.05, 3.63) is 109 Å². The number of rotatable bonds is 7. The lowest BCUT2D eigenvalue weighted by molar-refractivity contribution is 0.675.